The Morgan fingerprint density at radius 2 is 1.89 bits per heavy atom. The molecule has 4 nitrogen and oxygen atoms in total. The number of hydrogen-bond acceptors (Lipinski definition) is 4. The van der Waals surface area contributed by atoms with Gasteiger partial charge in [-0.2, -0.15) is 0 Å². The summed E-state index contributed by atoms with van der Waals surface area (Å²) in [6.07, 6.45) is 4.89. The van der Waals surface area contributed by atoms with Crippen molar-refractivity contribution in [3.05, 3.63) is 21.9 Å². The van der Waals surface area contributed by atoms with E-state index in [0.717, 1.165) is 19.6 Å². The third-order valence-corrected chi connectivity index (χ3v) is 4.12. The lowest BCUT2D eigenvalue weighted by Crippen LogP contribution is -2.29. The van der Waals surface area contributed by atoms with Crippen LogP contribution in [0.5, 0.6) is 0 Å². The molecule has 0 aromatic carbocycles. The van der Waals surface area contributed by atoms with Crippen molar-refractivity contribution in [1.29, 1.82) is 0 Å². The maximum atomic E-state index is 11.4. The van der Waals surface area contributed by atoms with E-state index in [2.05, 4.69) is 24.2 Å². The second-order valence-corrected chi connectivity index (χ2v) is 5.89. The summed E-state index contributed by atoms with van der Waals surface area (Å²) in [5.74, 6) is 4.94. The number of carbonyl (C=O) groups excluding carboxylic acids is 1. The molecule has 0 unspecified atom stereocenters. The molecule has 0 aliphatic heterocycles. The van der Waals surface area contributed by atoms with Crippen molar-refractivity contribution in [3.63, 3.8) is 0 Å². The van der Waals surface area contributed by atoms with Gasteiger partial charge in [0.2, 0.25) is 0 Å². The average Bonchev–Trinajstić information content (AvgIpc) is 2.89. The number of rotatable bonds is 9. The van der Waals surface area contributed by atoms with Crippen LogP contribution in [-0.2, 0) is 6.54 Å². The first-order valence-electron chi connectivity index (χ1n) is 7.03. The van der Waals surface area contributed by atoms with Crippen LogP contribution >= 0.6 is 11.3 Å². The first kappa shape index (κ1) is 16.1. The highest BCUT2D eigenvalue weighted by Gasteiger charge is 2.10. The third-order valence-electron chi connectivity index (χ3n) is 3.05. The van der Waals surface area contributed by atoms with Crippen LogP contribution in [0.3, 0.4) is 0 Å². The Balaban J connectivity index is 2.56. The number of unbranched alkanes of at least 4 members (excludes halogenated alkanes) is 2. The zero-order chi connectivity index (χ0) is 14.1. The van der Waals surface area contributed by atoms with E-state index >= 15 is 0 Å². The van der Waals surface area contributed by atoms with Gasteiger partial charge in [0.15, 0.2) is 0 Å². The minimum absolute atomic E-state index is 0.204. The van der Waals surface area contributed by atoms with Crippen LogP contribution in [0.15, 0.2) is 12.1 Å². The van der Waals surface area contributed by atoms with Crippen LogP contribution in [0, 0.1) is 0 Å². The SMILES string of the molecule is CCCCN(CCCC)Cc1ccc(C(=O)NN)s1. The second-order valence-electron chi connectivity index (χ2n) is 4.72. The molecule has 108 valence electrons. The van der Waals surface area contributed by atoms with Gasteiger partial charge in [0, 0.05) is 11.4 Å². The first-order valence-corrected chi connectivity index (χ1v) is 7.84. The molecule has 1 amide bonds. The Labute approximate surface area is 120 Å². The topological polar surface area (TPSA) is 58.4 Å². The fourth-order valence-corrected chi connectivity index (χ4v) is 2.86. The highest BCUT2D eigenvalue weighted by Crippen LogP contribution is 2.18. The van der Waals surface area contributed by atoms with Gasteiger partial charge in [0.25, 0.3) is 5.91 Å². The number of hydrazine groups is 1. The maximum absolute atomic E-state index is 11.4. The van der Waals surface area contributed by atoms with Gasteiger partial charge in [0.1, 0.15) is 0 Å². The molecule has 0 aliphatic carbocycles. The molecule has 1 heterocycles. The van der Waals surface area contributed by atoms with Gasteiger partial charge in [-0.05, 0) is 38.1 Å². The van der Waals surface area contributed by atoms with Crippen LogP contribution in [-0.4, -0.2) is 23.9 Å². The summed E-state index contributed by atoms with van der Waals surface area (Å²) in [4.78, 5) is 15.8. The van der Waals surface area contributed by atoms with E-state index in [1.807, 2.05) is 12.1 Å². The molecular weight excluding hydrogens is 258 g/mol. The lowest BCUT2D eigenvalue weighted by molar-refractivity contribution is 0.0957. The minimum Gasteiger partial charge on any atom is -0.298 e. The molecule has 5 heteroatoms. The quantitative estimate of drug-likeness (QED) is 0.416. The van der Waals surface area contributed by atoms with Crippen LogP contribution in [0.2, 0.25) is 0 Å². The molecule has 1 aromatic heterocycles. The smallest absolute Gasteiger partial charge is 0.275 e. The van der Waals surface area contributed by atoms with Crippen molar-refractivity contribution in [2.24, 2.45) is 5.84 Å². The molecule has 1 aromatic rings. The van der Waals surface area contributed by atoms with Gasteiger partial charge in [-0.3, -0.25) is 15.1 Å². The predicted octanol–water partition coefficient (Wildman–Crippen LogP) is 2.75. The summed E-state index contributed by atoms with van der Waals surface area (Å²) in [7, 11) is 0. The molecule has 0 saturated heterocycles. The Hall–Kier alpha value is -0.910. The molecule has 19 heavy (non-hydrogen) atoms. The summed E-state index contributed by atoms with van der Waals surface area (Å²) < 4.78 is 0. The molecule has 0 saturated carbocycles. The van der Waals surface area contributed by atoms with Crippen molar-refractivity contribution in [2.75, 3.05) is 13.1 Å². The lowest BCUT2D eigenvalue weighted by atomic mass is 10.2. The van der Waals surface area contributed by atoms with E-state index in [-0.39, 0.29) is 5.91 Å². The van der Waals surface area contributed by atoms with Gasteiger partial charge >= 0.3 is 0 Å². The highest BCUT2D eigenvalue weighted by molar-refractivity contribution is 7.14. The maximum Gasteiger partial charge on any atom is 0.275 e. The zero-order valence-corrected chi connectivity index (χ0v) is 12.8. The van der Waals surface area contributed by atoms with Crippen molar-refractivity contribution < 1.29 is 4.79 Å². The minimum atomic E-state index is -0.204. The van der Waals surface area contributed by atoms with E-state index in [1.54, 1.807) is 0 Å². The Bertz CT molecular complexity index is 371. The predicted molar refractivity (Wildman–Crippen MR) is 81.1 cm³/mol. The van der Waals surface area contributed by atoms with Gasteiger partial charge in [-0.1, -0.05) is 26.7 Å². The van der Waals surface area contributed by atoms with Gasteiger partial charge in [0.05, 0.1) is 4.88 Å². The Morgan fingerprint density at radius 1 is 1.26 bits per heavy atom. The van der Waals surface area contributed by atoms with Crippen molar-refractivity contribution in [3.8, 4) is 0 Å². The van der Waals surface area contributed by atoms with E-state index in [1.165, 1.54) is 41.9 Å². The number of thiophene rings is 1. The van der Waals surface area contributed by atoms with Crippen molar-refractivity contribution in [1.82, 2.24) is 10.3 Å². The number of carbonyl (C=O) groups is 1. The average molecular weight is 283 g/mol. The molecule has 0 fully saturated rings. The molecule has 0 atom stereocenters. The van der Waals surface area contributed by atoms with E-state index in [9.17, 15) is 4.79 Å². The van der Waals surface area contributed by atoms with Crippen LogP contribution in [0.1, 0.15) is 54.1 Å². The Morgan fingerprint density at radius 3 is 2.42 bits per heavy atom. The monoisotopic (exact) mass is 283 g/mol. The number of nitrogens with two attached hydrogens (primary N) is 1. The summed E-state index contributed by atoms with van der Waals surface area (Å²) in [5, 5.41) is 0. The van der Waals surface area contributed by atoms with Gasteiger partial charge in [-0.15, -0.1) is 11.3 Å². The van der Waals surface area contributed by atoms with Crippen LogP contribution < -0.4 is 11.3 Å². The number of nitrogen functional groups attached to an aromatic ring is 1. The molecule has 0 bridgehead atoms. The fourth-order valence-electron chi connectivity index (χ4n) is 1.91. The first-order chi connectivity index (χ1) is 9.21. The van der Waals surface area contributed by atoms with E-state index in [0.29, 0.717) is 4.88 Å². The number of amides is 1. The molecular formula is C14H25N3OS. The zero-order valence-electron chi connectivity index (χ0n) is 11.9. The molecule has 0 spiro atoms. The van der Waals surface area contributed by atoms with Crippen molar-refractivity contribution in [2.45, 2.75) is 46.1 Å². The Kier molecular flexibility index (Phi) is 7.70. The van der Waals surface area contributed by atoms with Crippen LogP contribution in [0.4, 0.5) is 0 Å². The number of nitrogens with zero attached hydrogens (tertiary/aromatic N) is 1. The van der Waals surface area contributed by atoms with Crippen LogP contribution in [0.25, 0.3) is 0 Å². The molecule has 3 N–H and O–H groups in total. The molecule has 0 aliphatic rings. The largest absolute Gasteiger partial charge is 0.298 e. The van der Waals surface area contributed by atoms with E-state index < -0.39 is 0 Å². The van der Waals surface area contributed by atoms with E-state index in [4.69, 9.17) is 5.84 Å². The fraction of sp³-hybridized carbons (Fsp3) is 0.643. The standard InChI is InChI=1S/C14H25N3OS/c1-3-5-9-17(10-6-4-2)11-12-7-8-13(19-12)14(18)16-15/h7-8H,3-6,9-11,15H2,1-2H3,(H,16,18). The van der Waals surface area contributed by atoms with Crippen molar-refractivity contribution >= 4 is 17.2 Å². The summed E-state index contributed by atoms with van der Waals surface area (Å²) in [6.45, 7) is 7.63. The van der Waals surface area contributed by atoms with Gasteiger partial charge < -0.3 is 0 Å². The third kappa shape index (κ3) is 5.72. The second kappa shape index (κ2) is 9.07. The normalized spacial score (nSPS) is 10.9. The summed E-state index contributed by atoms with van der Waals surface area (Å²) in [6, 6.07) is 3.88. The summed E-state index contributed by atoms with van der Waals surface area (Å²) >= 11 is 1.53. The number of hydrogen-bond donors (Lipinski definition) is 2. The highest BCUT2D eigenvalue weighted by atomic mass is 32.1. The molecule has 1 rings (SSSR count). The number of nitrogens with one attached hydrogen (secondary N) is 1. The van der Waals surface area contributed by atoms with Gasteiger partial charge in [-0.25, -0.2) is 5.84 Å². The summed E-state index contributed by atoms with van der Waals surface area (Å²) in [5.41, 5.74) is 2.17. The lowest BCUT2D eigenvalue weighted by Gasteiger charge is -2.21. The molecule has 0 radical (unpaired) electrons.